The number of amides is 3. The molecule has 2 aromatic carbocycles. The maximum atomic E-state index is 13.2. The molecule has 52 heavy (non-hydrogen) atoms. The van der Waals surface area contributed by atoms with Crippen LogP contribution in [0.2, 0.25) is 1.41 Å². The first-order valence-corrected chi connectivity index (χ1v) is 17.0. The first-order valence-electron chi connectivity index (χ1n) is 17.5. The fraction of sp³-hybridized carbons (Fsp3) is 0.297. The Balaban J connectivity index is 0.963. The van der Waals surface area contributed by atoms with Gasteiger partial charge in [-0.15, -0.1) is 0 Å². The van der Waals surface area contributed by atoms with Crippen LogP contribution < -0.4 is 21.3 Å². The molecule has 0 saturated carbocycles. The molecule has 15 heteroatoms. The summed E-state index contributed by atoms with van der Waals surface area (Å²) in [5.74, 6) is -0.524. The van der Waals surface area contributed by atoms with Crippen LogP contribution in [0.3, 0.4) is 0 Å². The molecule has 1 saturated heterocycles. The van der Waals surface area contributed by atoms with Crippen molar-refractivity contribution in [2.24, 2.45) is 14.1 Å². The standard InChI is InChI=1S/C37H43N11O4/c1-45-16-18-48(19-17-45)15-14-39-34(38)12-13-40-36(50)32-21-29(24-46(32)2)42-37(51)33-22-28(23-47(33)3)41-35(49)27-9-6-25(7-10-27)4-5-26-8-11-30-31(20-26)44-52-43-30/h4-11,20-24H,12-19H2,1-3H3,(H2,38,39)(H,40,50)(H,41,49)(H,42,51). The lowest BCUT2D eigenvalue weighted by molar-refractivity contribution is 0.0945. The SMILES string of the molecule is [H]/N=C(\CCNC(=O)c1cc(NC(=O)c2cc(NC(=O)c3ccc(C=Cc4ccc5nonc5c4)cc3)cn2C)cn1C)NCCN1CCN(C)CC1. The fourth-order valence-electron chi connectivity index (χ4n) is 5.86. The molecular weight excluding hydrogens is 662 g/mol. The zero-order valence-corrected chi connectivity index (χ0v) is 29.4. The molecule has 5 aromatic rings. The van der Waals surface area contributed by atoms with Gasteiger partial charge in [-0.1, -0.05) is 30.4 Å². The minimum Gasteiger partial charge on any atom is -0.373 e. The zero-order valence-electron chi connectivity index (χ0n) is 30.4. The van der Waals surface area contributed by atoms with E-state index in [9.17, 15) is 14.4 Å². The Hall–Kier alpha value is -6.06. The molecule has 15 nitrogen and oxygen atoms in total. The van der Waals surface area contributed by atoms with E-state index >= 15 is 0 Å². The van der Waals surface area contributed by atoms with Crippen LogP contribution in [0.25, 0.3) is 23.2 Å². The zero-order chi connectivity index (χ0) is 37.3. The van der Waals surface area contributed by atoms with Crippen LogP contribution >= 0.6 is 0 Å². The summed E-state index contributed by atoms with van der Waals surface area (Å²) >= 11 is 0. The van der Waals surface area contributed by atoms with Crippen molar-refractivity contribution >= 4 is 58.1 Å². The molecule has 5 N–H and O–H groups in total. The summed E-state index contributed by atoms with van der Waals surface area (Å²) in [7, 11) is 5.55. The molecule has 0 spiro atoms. The summed E-state index contributed by atoms with van der Waals surface area (Å²) in [6, 6.07) is 16.0. The lowest BCUT2D eigenvalue weighted by Crippen LogP contribution is -2.47. The van der Waals surface area contributed by atoms with Crippen LogP contribution in [0.5, 0.6) is 0 Å². The summed E-state index contributed by atoms with van der Waals surface area (Å²) in [6.45, 7) is 5.97. The third-order valence-electron chi connectivity index (χ3n) is 8.91. The van der Waals surface area contributed by atoms with Gasteiger partial charge in [0.1, 0.15) is 22.4 Å². The lowest BCUT2D eigenvalue weighted by atomic mass is 10.1. The highest BCUT2D eigenvalue weighted by Gasteiger charge is 2.18. The Kier molecular flexibility index (Phi) is 10.8. The van der Waals surface area contributed by atoms with E-state index in [0.29, 0.717) is 64.7 Å². The van der Waals surface area contributed by atoms with Gasteiger partial charge < -0.3 is 35.3 Å². The minimum atomic E-state index is -0.403. The predicted octanol–water partition coefficient (Wildman–Crippen LogP) is 3.51. The van der Waals surface area contributed by atoms with Crippen molar-refractivity contribution in [2.45, 2.75) is 6.42 Å². The van der Waals surface area contributed by atoms with E-state index in [1.54, 1.807) is 59.9 Å². The third-order valence-corrected chi connectivity index (χ3v) is 8.91. The molecule has 0 aliphatic carbocycles. The average molecular weight is 706 g/mol. The molecule has 3 aromatic heterocycles. The maximum absolute atomic E-state index is 13.2. The van der Waals surface area contributed by atoms with Crippen molar-refractivity contribution in [1.82, 2.24) is 39.9 Å². The number of nitrogens with one attached hydrogen (secondary N) is 5. The summed E-state index contributed by atoms with van der Waals surface area (Å²) in [6.07, 6.45) is 7.57. The molecule has 1 aliphatic heterocycles. The highest BCUT2D eigenvalue weighted by Crippen LogP contribution is 2.19. The second-order valence-electron chi connectivity index (χ2n) is 12.9. The van der Waals surface area contributed by atoms with Crippen LogP contribution in [0.4, 0.5) is 11.4 Å². The number of benzene rings is 2. The number of rotatable bonds is 13. The van der Waals surface area contributed by atoms with E-state index in [1.165, 1.54) is 0 Å². The topological polar surface area (TPSA) is 178 Å². The Morgan fingerprint density at radius 2 is 1.40 bits per heavy atom. The van der Waals surface area contributed by atoms with Crippen LogP contribution in [-0.4, -0.2) is 106 Å². The number of nitrogens with zero attached hydrogens (tertiary/aromatic N) is 6. The Labute approximate surface area is 302 Å². The largest absolute Gasteiger partial charge is 0.373 e. The third kappa shape index (κ3) is 9.18. The first kappa shape index (κ1) is 34.4. The number of likely N-dealkylation sites (N-methyl/N-ethyl adjacent to an activating group) is 1. The van der Waals surface area contributed by atoms with Crippen molar-refractivity contribution < 1.29 is 20.4 Å². The number of carbonyl (C=O) groups is 3. The smallest absolute Gasteiger partial charge is 0.272 e. The molecule has 0 unspecified atom stereocenters. The van der Waals surface area contributed by atoms with Gasteiger partial charge in [0, 0.05) is 84.3 Å². The Morgan fingerprint density at radius 1 is 0.769 bits per heavy atom. The van der Waals surface area contributed by atoms with E-state index in [1.807, 2.05) is 42.5 Å². The lowest BCUT2D eigenvalue weighted by Gasteiger charge is -2.32. The Morgan fingerprint density at radius 3 is 2.12 bits per heavy atom. The van der Waals surface area contributed by atoms with Gasteiger partial charge >= 0.3 is 0 Å². The molecular formula is C37H43N11O4. The number of piperazine rings is 1. The van der Waals surface area contributed by atoms with E-state index in [2.05, 4.69) is 53.8 Å². The number of carbonyl (C=O) groups excluding carboxylic acids is 3. The second-order valence-corrected chi connectivity index (χ2v) is 12.9. The van der Waals surface area contributed by atoms with Crippen LogP contribution in [0.1, 0.15) is 48.9 Å². The molecule has 0 radical (unpaired) electrons. The highest BCUT2D eigenvalue weighted by atomic mass is 16.6. The summed E-state index contributed by atoms with van der Waals surface area (Å²) in [5.41, 5.74) is 5.25. The van der Waals surface area contributed by atoms with Crippen molar-refractivity contribution in [3.63, 3.8) is 0 Å². The van der Waals surface area contributed by atoms with E-state index in [0.717, 1.165) is 43.9 Å². The molecule has 270 valence electrons. The molecule has 6 rings (SSSR count). The number of anilines is 2. The van der Waals surface area contributed by atoms with E-state index in [4.69, 9.17) is 6.04 Å². The fourth-order valence-corrected chi connectivity index (χ4v) is 5.86. The van der Waals surface area contributed by atoms with Gasteiger partial charge in [0.2, 0.25) is 0 Å². The normalized spacial score (nSPS) is 14.4. The van der Waals surface area contributed by atoms with Crippen LogP contribution in [0.15, 0.2) is 71.6 Å². The van der Waals surface area contributed by atoms with Gasteiger partial charge in [0.05, 0.1) is 17.2 Å². The van der Waals surface area contributed by atoms with Gasteiger partial charge in [-0.25, -0.2) is 4.63 Å². The predicted molar refractivity (Wildman–Crippen MR) is 201 cm³/mol. The van der Waals surface area contributed by atoms with Crippen LogP contribution in [-0.2, 0) is 14.1 Å². The Bertz CT molecular complexity index is 2130. The van der Waals surface area contributed by atoms with Crippen molar-refractivity contribution in [1.29, 1.82) is 5.40 Å². The number of hydrogen-bond donors (Lipinski definition) is 5. The highest BCUT2D eigenvalue weighted by molar-refractivity contribution is 6.07. The van der Waals surface area contributed by atoms with Crippen molar-refractivity contribution in [3.8, 4) is 0 Å². The molecule has 3 amide bonds. The van der Waals surface area contributed by atoms with Gasteiger partial charge in [-0.2, -0.15) is 0 Å². The summed E-state index contributed by atoms with van der Waals surface area (Å²) < 4.78 is 15.5. The first-order chi connectivity index (χ1) is 25.6. The quantitative estimate of drug-likeness (QED) is 0.0697. The maximum Gasteiger partial charge on any atom is 0.272 e. The molecule has 0 atom stereocenters. The molecule has 4 heterocycles. The summed E-state index contributed by atoms with van der Waals surface area (Å²) in [5, 5.41) is 23.0. The second kappa shape index (κ2) is 16.3. The van der Waals surface area contributed by atoms with Crippen LogP contribution in [0, 0.1) is 5.40 Å². The van der Waals surface area contributed by atoms with Gasteiger partial charge in [0.15, 0.2) is 1.41 Å². The number of aryl methyl sites for hydroxylation is 2. The molecule has 1 aliphatic rings. The molecule has 0 bridgehead atoms. The van der Waals surface area contributed by atoms with Crippen molar-refractivity contribution in [2.75, 3.05) is 63.5 Å². The van der Waals surface area contributed by atoms with Gasteiger partial charge in [-0.05, 0) is 64.9 Å². The summed E-state index contributed by atoms with van der Waals surface area (Å²) in [4.78, 5) is 43.9. The molecule has 1 fully saturated rings. The van der Waals surface area contributed by atoms with E-state index < -0.39 is 5.91 Å². The van der Waals surface area contributed by atoms with Crippen molar-refractivity contribution in [3.05, 3.63) is 95.1 Å². The number of fused-ring (bicyclic) bond motifs is 1. The average Bonchev–Trinajstić information content (AvgIpc) is 3.88. The van der Waals surface area contributed by atoms with Gasteiger partial charge in [-0.3, -0.25) is 24.7 Å². The monoisotopic (exact) mass is 705 g/mol. The number of hydrogen-bond acceptors (Lipinski definition) is 9. The minimum absolute atomic E-state index is 0.296. The van der Waals surface area contributed by atoms with Gasteiger partial charge in [0.25, 0.3) is 17.7 Å². The number of amidine groups is 1. The van der Waals surface area contributed by atoms with E-state index in [-0.39, 0.29) is 11.8 Å². The number of aromatic nitrogens is 4.